The Morgan fingerprint density at radius 3 is 2.67 bits per heavy atom. The molecule has 0 atom stereocenters. The topological polar surface area (TPSA) is 47.0 Å². The molecule has 3 aromatic rings. The summed E-state index contributed by atoms with van der Waals surface area (Å²) in [6.45, 7) is -0.111. The molecule has 21 heavy (non-hydrogen) atoms. The lowest BCUT2D eigenvalue weighted by Gasteiger charge is -2.09. The van der Waals surface area contributed by atoms with Gasteiger partial charge in [0, 0.05) is 7.05 Å². The van der Waals surface area contributed by atoms with E-state index in [1.165, 1.54) is 17.4 Å². The van der Waals surface area contributed by atoms with Crippen LogP contribution < -0.4 is 10.1 Å². The molecule has 1 N–H and O–H groups in total. The third-order valence-electron chi connectivity index (χ3n) is 2.87. The first-order valence-electron chi connectivity index (χ1n) is 6.17. The van der Waals surface area contributed by atoms with E-state index in [2.05, 4.69) is 15.3 Å². The summed E-state index contributed by atoms with van der Waals surface area (Å²) in [5.74, 6) is -0.897. The number of rotatable bonds is 4. The lowest BCUT2D eigenvalue weighted by Crippen LogP contribution is -2.06. The van der Waals surface area contributed by atoms with Gasteiger partial charge in [0.2, 0.25) is 0 Å². The fourth-order valence-corrected chi connectivity index (χ4v) is 2.69. The minimum absolute atomic E-state index is 0.111. The predicted octanol–water partition coefficient (Wildman–Crippen LogP) is 3.59. The molecule has 0 radical (unpaired) electrons. The monoisotopic (exact) mass is 307 g/mol. The van der Waals surface area contributed by atoms with Crippen LogP contribution in [0.3, 0.4) is 0 Å². The Morgan fingerprint density at radius 1 is 1.19 bits per heavy atom. The standard InChI is InChI=1S/C14H11F2N3OS/c1-17-13-8-5-6-21-14(8)19-11(18-13)7-20-12-9(15)3-2-4-10(12)16/h2-6H,7H2,1H3,(H,17,18,19). The first-order valence-corrected chi connectivity index (χ1v) is 7.05. The highest BCUT2D eigenvalue weighted by Crippen LogP contribution is 2.26. The summed E-state index contributed by atoms with van der Waals surface area (Å²) in [6.07, 6.45) is 0. The molecule has 2 heterocycles. The molecular weight excluding hydrogens is 296 g/mol. The van der Waals surface area contributed by atoms with Crippen LogP contribution in [0.5, 0.6) is 5.75 Å². The van der Waals surface area contributed by atoms with Gasteiger partial charge in [-0.1, -0.05) is 6.07 Å². The molecule has 0 saturated heterocycles. The van der Waals surface area contributed by atoms with Crippen molar-refractivity contribution < 1.29 is 13.5 Å². The van der Waals surface area contributed by atoms with Gasteiger partial charge in [0.25, 0.3) is 0 Å². The van der Waals surface area contributed by atoms with Gasteiger partial charge in [0.05, 0.1) is 5.39 Å². The Bertz CT molecular complexity index is 771. The highest BCUT2D eigenvalue weighted by atomic mass is 32.1. The van der Waals surface area contributed by atoms with Crippen LogP contribution in [0.2, 0.25) is 0 Å². The molecule has 0 saturated carbocycles. The van der Waals surface area contributed by atoms with Crippen molar-refractivity contribution in [3.63, 3.8) is 0 Å². The zero-order chi connectivity index (χ0) is 14.8. The number of para-hydroxylation sites is 1. The van der Waals surface area contributed by atoms with E-state index < -0.39 is 17.4 Å². The van der Waals surface area contributed by atoms with Crippen molar-refractivity contribution in [1.82, 2.24) is 9.97 Å². The van der Waals surface area contributed by atoms with Crippen molar-refractivity contribution in [2.24, 2.45) is 0 Å². The molecular formula is C14H11F2N3OS. The zero-order valence-corrected chi connectivity index (χ0v) is 11.9. The van der Waals surface area contributed by atoms with Crippen molar-refractivity contribution in [3.05, 3.63) is 47.1 Å². The van der Waals surface area contributed by atoms with Gasteiger partial charge >= 0.3 is 0 Å². The van der Waals surface area contributed by atoms with Gasteiger partial charge in [-0.15, -0.1) is 11.3 Å². The van der Waals surface area contributed by atoms with Gasteiger partial charge in [-0.3, -0.25) is 0 Å². The Balaban J connectivity index is 1.88. The second-order valence-electron chi connectivity index (χ2n) is 4.22. The number of anilines is 1. The van der Waals surface area contributed by atoms with Crippen LogP contribution in [0.4, 0.5) is 14.6 Å². The molecule has 4 nitrogen and oxygen atoms in total. The summed E-state index contributed by atoms with van der Waals surface area (Å²) in [6, 6.07) is 5.47. The zero-order valence-electron chi connectivity index (χ0n) is 11.1. The smallest absolute Gasteiger partial charge is 0.191 e. The van der Waals surface area contributed by atoms with E-state index in [1.807, 2.05) is 11.4 Å². The van der Waals surface area contributed by atoms with Gasteiger partial charge in [-0.2, -0.15) is 0 Å². The molecule has 3 rings (SSSR count). The van der Waals surface area contributed by atoms with E-state index in [0.29, 0.717) is 11.6 Å². The number of hydrogen-bond acceptors (Lipinski definition) is 5. The van der Waals surface area contributed by atoms with Crippen molar-refractivity contribution in [2.45, 2.75) is 6.61 Å². The predicted molar refractivity (Wildman–Crippen MR) is 77.7 cm³/mol. The molecule has 1 aromatic carbocycles. The lowest BCUT2D eigenvalue weighted by atomic mass is 10.3. The van der Waals surface area contributed by atoms with Gasteiger partial charge in [-0.05, 0) is 23.6 Å². The number of fused-ring (bicyclic) bond motifs is 1. The summed E-state index contributed by atoms with van der Waals surface area (Å²) in [5.41, 5.74) is 0. The average molecular weight is 307 g/mol. The quantitative estimate of drug-likeness (QED) is 0.800. The van der Waals surface area contributed by atoms with E-state index >= 15 is 0 Å². The average Bonchev–Trinajstić information content (AvgIpc) is 2.94. The van der Waals surface area contributed by atoms with Crippen LogP contribution in [0.1, 0.15) is 5.82 Å². The molecule has 0 aliphatic carbocycles. The van der Waals surface area contributed by atoms with Crippen molar-refractivity contribution in [1.29, 1.82) is 0 Å². The second-order valence-corrected chi connectivity index (χ2v) is 5.11. The summed E-state index contributed by atoms with van der Waals surface area (Å²) < 4.78 is 32.2. The molecule has 0 bridgehead atoms. The Hall–Kier alpha value is -2.28. The van der Waals surface area contributed by atoms with Gasteiger partial charge in [0.15, 0.2) is 23.2 Å². The lowest BCUT2D eigenvalue weighted by molar-refractivity contribution is 0.266. The maximum Gasteiger partial charge on any atom is 0.191 e. The van der Waals surface area contributed by atoms with Gasteiger partial charge in [-0.25, -0.2) is 18.7 Å². The number of thiophene rings is 1. The first kappa shape index (κ1) is 13.7. The van der Waals surface area contributed by atoms with E-state index in [9.17, 15) is 8.78 Å². The minimum Gasteiger partial charge on any atom is -0.479 e. The molecule has 0 unspecified atom stereocenters. The molecule has 108 valence electrons. The molecule has 7 heteroatoms. The maximum absolute atomic E-state index is 13.5. The summed E-state index contributed by atoms with van der Waals surface area (Å²) in [4.78, 5) is 9.39. The SMILES string of the molecule is CNc1nc(COc2c(F)cccc2F)nc2sccc12. The van der Waals surface area contributed by atoms with Crippen LogP contribution in [0.25, 0.3) is 10.2 Å². The largest absolute Gasteiger partial charge is 0.479 e. The van der Waals surface area contributed by atoms with E-state index in [1.54, 1.807) is 7.05 Å². The fourth-order valence-electron chi connectivity index (χ4n) is 1.91. The maximum atomic E-state index is 13.5. The number of halogens is 2. The van der Waals surface area contributed by atoms with Crippen LogP contribution in [0, 0.1) is 11.6 Å². The fraction of sp³-hybridized carbons (Fsp3) is 0.143. The van der Waals surface area contributed by atoms with Crippen LogP contribution in [-0.2, 0) is 6.61 Å². The molecule has 0 aliphatic rings. The third kappa shape index (κ3) is 2.64. The van der Waals surface area contributed by atoms with Gasteiger partial charge in [0.1, 0.15) is 17.3 Å². The Kier molecular flexibility index (Phi) is 3.66. The number of ether oxygens (including phenoxy) is 1. The molecule has 2 aromatic heterocycles. The van der Waals surface area contributed by atoms with E-state index in [-0.39, 0.29) is 6.61 Å². The van der Waals surface area contributed by atoms with Gasteiger partial charge < -0.3 is 10.1 Å². The van der Waals surface area contributed by atoms with E-state index in [0.717, 1.165) is 22.3 Å². The van der Waals surface area contributed by atoms with E-state index in [4.69, 9.17) is 4.74 Å². The number of benzene rings is 1. The highest BCUT2D eigenvalue weighted by Gasteiger charge is 2.12. The third-order valence-corrected chi connectivity index (χ3v) is 3.68. The molecule has 0 spiro atoms. The van der Waals surface area contributed by atoms with Crippen molar-refractivity contribution >= 4 is 27.4 Å². The Labute approximate surface area is 123 Å². The van der Waals surface area contributed by atoms with Crippen LogP contribution >= 0.6 is 11.3 Å². The molecule has 0 amide bonds. The van der Waals surface area contributed by atoms with Crippen molar-refractivity contribution in [3.8, 4) is 5.75 Å². The molecule has 0 fully saturated rings. The summed E-state index contributed by atoms with van der Waals surface area (Å²) in [7, 11) is 1.75. The Morgan fingerprint density at radius 2 is 1.95 bits per heavy atom. The number of nitrogens with one attached hydrogen (secondary N) is 1. The number of nitrogens with zero attached hydrogens (tertiary/aromatic N) is 2. The molecule has 0 aliphatic heterocycles. The second kappa shape index (κ2) is 5.61. The summed E-state index contributed by atoms with van der Waals surface area (Å²) in [5, 5.41) is 5.78. The van der Waals surface area contributed by atoms with Crippen LogP contribution in [0.15, 0.2) is 29.6 Å². The number of hydrogen-bond donors (Lipinski definition) is 1. The van der Waals surface area contributed by atoms with Crippen molar-refractivity contribution in [2.75, 3.05) is 12.4 Å². The first-order chi connectivity index (χ1) is 10.2. The normalized spacial score (nSPS) is 10.8. The van der Waals surface area contributed by atoms with Crippen LogP contribution in [-0.4, -0.2) is 17.0 Å². The minimum atomic E-state index is -0.749. The summed E-state index contributed by atoms with van der Waals surface area (Å²) >= 11 is 1.46. The highest BCUT2D eigenvalue weighted by molar-refractivity contribution is 7.16. The number of aromatic nitrogens is 2.